The first-order chi connectivity index (χ1) is 14.3. The molecular formula is C25H22ClN3. The maximum absolute atomic E-state index is 6.48. The predicted molar refractivity (Wildman–Crippen MR) is 119 cm³/mol. The average Bonchev–Trinajstić information content (AvgIpc) is 3.37. The minimum atomic E-state index is 0.261. The van der Waals surface area contributed by atoms with Gasteiger partial charge in [-0.2, -0.15) is 5.10 Å². The van der Waals surface area contributed by atoms with E-state index < -0.39 is 0 Å². The summed E-state index contributed by atoms with van der Waals surface area (Å²) in [5.74, 6) is 1.34. The van der Waals surface area contributed by atoms with Crippen LogP contribution in [0.25, 0.3) is 5.69 Å². The molecule has 1 aromatic heterocycles. The molecule has 0 saturated heterocycles. The number of hydrogen-bond acceptors (Lipinski definition) is 2. The molecule has 0 radical (unpaired) electrons. The maximum atomic E-state index is 6.48. The minimum Gasteiger partial charge on any atom is -0.369 e. The molecule has 144 valence electrons. The molecule has 0 unspecified atom stereocenters. The van der Waals surface area contributed by atoms with Gasteiger partial charge in [-0.3, -0.25) is 0 Å². The Kier molecular flexibility index (Phi) is 4.82. The van der Waals surface area contributed by atoms with Crippen molar-refractivity contribution >= 4 is 17.4 Å². The molecule has 3 aromatic carbocycles. The molecule has 3 nitrogen and oxygen atoms in total. The largest absolute Gasteiger partial charge is 0.369 e. The molecule has 29 heavy (non-hydrogen) atoms. The molecule has 4 aromatic rings. The maximum Gasteiger partial charge on any atom is 0.133 e. The van der Waals surface area contributed by atoms with Gasteiger partial charge in [0, 0.05) is 24.4 Å². The van der Waals surface area contributed by atoms with Crippen LogP contribution < -0.4 is 5.32 Å². The van der Waals surface area contributed by atoms with Crippen molar-refractivity contribution in [1.29, 1.82) is 0 Å². The third-order valence-corrected chi connectivity index (χ3v) is 5.94. The van der Waals surface area contributed by atoms with E-state index in [1.165, 1.54) is 16.7 Å². The molecule has 1 aliphatic heterocycles. The fourth-order valence-corrected chi connectivity index (χ4v) is 4.42. The normalized spacial score (nSPS) is 12.8. The predicted octanol–water partition coefficient (Wildman–Crippen LogP) is 5.87. The summed E-state index contributed by atoms with van der Waals surface area (Å²) in [6.45, 7) is 0.936. The summed E-state index contributed by atoms with van der Waals surface area (Å²) >= 11 is 6.48. The number of benzene rings is 3. The van der Waals surface area contributed by atoms with E-state index in [0.29, 0.717) is 5.02 Å². The lowest BCUT2D eigenvalue weighted by Crippen LogP contribution is -2.09. The lowest BCUT2D eigenvalue weighted by molar-refractivity contribution is 0.745. The van der Waals surface area contributed by atoms with Gasteiger partial charge in [-0.1, -0.05) is 84.4 Å². The van der Waals surface area contributed by atoms with Gasteiger partial charge < -0.3 is 5.32 Å². The summed E-state index contributed by atoms with van der Waals surface area (Å²) in [5, 5.41) is 9.24. The van der Waals surface area contributed by atoms with E-state index in [1.807, 2.05) is 28.9 Å². The van der Waals surface area contributed by atoms with Crippen LogP contribution in [-0.2, 0) is 12.8 Å². The summed E-state index contributed by atoms with van der Waals surface area (Å²) in [6, 6.07) is 29.3. The molecule has 5 rings (SSSR count). The Morgan fingerprint density at radius 1 is 0.862 bits per heavy atom. The topological polar surface area (TPSA) is 29.9 Å². The van der Waals surface area contributed by atoms with Crippen LogP contribution >= 0.6 is 11.6 Å². The monoisotopic (exact) mass is 399 g/mol. The number of nitrogens with one attached hydrogen (secondary N) is 1. The minimum absolute atomic E-state index is 0.261. The molecule has 0 bridgehead atoms. The van der Waals surface area contributed by atoms with Crippen molar-refractivity contribution in [2.24, 2.45) is 0 Å². The van der Waals surface area contributed by atoms with Crippen molar-refractivity contribution in [3.63, 3.8) is 0 Å². The molecule has 0 saturated carbocycles. The average molecular weight is 400 g/mol. The summed E-state index contributed by atoms with van der Waals surface area (Å²) in [7, 11) is 0. The zero-order valence-electron chi connectivity index (χ0n) is 16.1. The molecule has 1 aliphatic rings. The van der Waals surface area contributed by atoms with Gasteiger partial charge in [0.05, 0.1) is 16.4 Å². The van der Waals surface area contributed by atoms with Gasteiger partial charge in [0.15, 0.2) is 0 Å². The first-order valence-corrected chi connectivity index (χ1v) is 10.4. The van der Waals surface area contributed by atoms with Crippen molar-refractivity contribution in [1.82, 2.24) is 9.78 Å². The van der Waals surface area contributed by atoms with Gasteiger partial charge in [0.2, 0.25) is 0 Å². The molecule has 0 atom stereocenters. The fraction of sp³-hybridized carbons (Fsp3) is 0.160. The van der Waals surface area contributed by atoms with E-state index in [9.17, 15) is 0 Å². The highest BCUT2D eigenvalue weighted by molar-refractivity contribution is 6.32. The van der Waals surface area contributed by atoms with Gasteiger partial charge in [-0.05, 0) is 29.7 Å². The number of fused-ring (bicyclic) bond motifs is 1. The Morgan fingerprint density at radius 3 is 2.14 bits per heavy atom. The first-order valence-electron chi connectivity index (χ1n) is 10.0. The number of rotatable bonds is 5. The number of hydrogen-bond donors (Lipinski definition) is 1. The molecule has 1 N–H and O–H groups in total. The van der Waals surface area contributed by atoms with E-state index in [1.54, 1.807) is 0 Å². The standard InChI is InChI=1S/C25H22ClN3/c26-22-13-7-8-14-24(22)29-25-20(15-16-27-25)23(28-29)17-21(18-9-3-1-4-10-18)19-11-5-2-6-12-19/h1-14,21,27H,15-17H2. The van der Waals surface area contributed by atoms with Crippen molar-refractivity contribution in [2.45, 2.75) is 18.8 Å². The highest BCUT2D eigenvalue weighted by Gasteiger charge is 2.26. The van der Waals surface area contributed by atoms with Crippen LogP contribution in [0.2, 0.25) is 5.02 Å². The first kappa shape index (κ1) is 18.0. The molecule has 0 spiro atoms. The number of aromatic nitrogens is 2. The van der Waals surface area contributed by atoms with E-state index in [4.69, 9.17) is 16.7 Å². The lowest BCUT2D eigenvalue weighted by atomic mass is 9.86. The van der Waals surface area contributed by atoms with Crippen LogP contribution in [0.1, 0.15) is 28.3 Å². The molecule has 4 heteroatoms. The Bertz CT molecular complexity index is 1080. The van der Waals surface area contributed by atoms with Gasteiger partial charge in [-0.15, -0.1) is 0 Å². The van der Waals surface area contributed by atoms with E-state index >= 15 is 0 Å². The Morgan fingerprint density at radius 2 is 1.48 bits per heavy atom. The van der Waals surface area contributed by atoms with Crippen LogP contribution in [0.5, 0.6) is 0 Å². The quantitative estimate of drug-likeness (QED) is 0.455. The Labute approximate surface area is 176 Å². The second kappa shape index (κ2) is 7.76. The van der Waals surface area contributed by atoms with Crippen LogP contribution in [0.15, 0.2) is 84.9 Å². The number of para-hydroxylation sites is 1. The molecular weight excluding hydrogens is 378 g/mol. The molecule has 0 aliphatic carbocycles. The van der Waals surface area contributed by atoms with Gasteiger partial charge in [0.1, 0.15) is 5.82 Å². The second-order valence-electron chi connectivity index (χ2n) is 7.39. The number of anilines is 1. The van der Waals surface area contributed by atoms with Gasteiger partial charge >= 0.3 is 0 Å². The van der Waals surface area contributed by atoms with Crippen LogP contribution in [0.4, 0.5) is 5.82 Å². The molecule has 0 fully saturated rings. The SMILES string of the molecule is Clc1ccccc1-n1nc(CC(c2ccccc2)c2ccccc2)c2c1NCC2. The summed E-state index contributed by atoms with van der Waals surface area (Å²) in [4.78, 5) is 0. The van der Waals surface area contributed by atoms with Crippen molar-refractivity contribution in [3.8, 4) is 5.69 Å². The third-order valence-electron chi connectivity index (χ3n) is 5.62. The van der Waals surface area contributed by atoms with Crippen LogP contribution in [0.3, 0.4) is 0 Å². The summed E-state index contributed by atoms with van der Waals surface area (Å²) in [5.41, 5.74) is 5.99. The summed E-state index contributed by atoms with van der Waals surface area (Å²) in [6.07, 6.45) is 1.85. The molecule has 2 heterocycles. The van der Waals surface area contributed by atoms with Crippen molar-refractivity contribution < 1.29 is 0 Å². The fourth-order valence-electron chi connectivity index (χ4n) is 4.20. The number of nitrogens with zero attached hydrogens (tertiary/aromatic N) is 2. The zero-order valence-corrected chi connectivity index (χ0v) is 16.8. The van der Waals surface area contributed by atoms with E-state index in [2.05, 4.69) is 66.0 Å². The van der Waals surface area contributed by atoms with Gasteiger partial charge in [0.25, 0.3) is 0 Å². The Balaban J connectivity index is 1.59. The summed E-state index contributed by atoms with van der Waals surface area (Å²) < 4.78 is 1.98. The third kappa shape index (κ3) is 3.43. The van der Waals surface area contributed by atoms with E-state index in [0.717, 1.165) is 36.6 Å². The number of halogens is 1. The zero-order chi connectivity index (χ0) is 19.6. The highest BCUT2D eigenvalue weighted by Crippen LogP contribution is 2.35. The van der Waals surface area contributed by atoms with Crippen molar-refractivity contribution in [3.05, 3.63) is 112 Å². The van der Waals surface area contributed by atoms with Crippen LogP contribution in [0, 0.1) is 0 Å². The molecule has 0 amide bonds. The smallest absolute Gasteiger partial charge is 0.133 e. The lowest BCUT2D eigenvalue weighted by Gasteiger charge is -2.17. The highest BCUT2D eigenvalue weighted by atomic mass is 35.5. The van der Waals surface area contributed by atoms with Crippen LogP contribution in [-0.4, -0.2) is 16.3 Å². The Hall–Kier alpha value is -3.04. The van der Waals surface area contributed by atoms with Crippen molar-refractivity contribution in [2.75, 3.05) is 11.9 Å². The second-order valence-corrected chi connectivity index (χ2v) is 7.80. The van der Waals surface area contributed by atoms with E-state index in [-0.39, 0.29) is 5.92 Å². The van der Waals surface area contributed by atoms with Gasteiger partial charge in [-0.25, -0.2) is 4.68 Å².